The minimum atomic E-state index is -0.892. The second kappa shape index (κ2) is 9.37. The highest BCUT2D eigenvalue weighted by atomic mass is 35.5. The molecule has 0 unspecified atom stereocenters. The average molecular weight is 452 g/mol. The number of carbonyl (C=O) groups is 2. The summed E-state index contributed by atoms with van der Waals surface area (Å²) in [5.41, 5.74) is 9.46. The summed E-state index contributed by atoms with van der Waals surface area (Å²) in [5, 5.41) is 13.0. The Morgan fingerprint density at radius 2 is 1.93 bits per heavy atom. The second-order valence-corrected chi connectivity index (χ2v) is 7.88. The largest absolute Gasteiger partial charge is 0.465 e. The van der Waals surface area contributed by atoms with Crippen LogP contribution in [0.2, 0.25) is 5.02 Å². The van der Waals surface area contributed by atoms with Crippen LogP contribution in [0.5, 0.6) is 0 Å². The van der Waals surface area contributed by atoms with E-state index in [-0.39, 0.29) is 23.1 Å². The van der Waals surface area contributed by atoms with Gasteiger partial charge in [-0.15, -0.1) is 0 Å². The van der Waals surface area contributed by atoms with Crippen LogP contribution >= 0.6 is 23.4 Å². The van der Waals surface area contributed by atoms with Gasteiger partial charge in [-0.2, -0.15) is 0 Å². The quantitative estimate of drug-likeness (QED) is 0.192. The third-order valence-electron chi connectivity index (χ3n) is 4.94. The van der Waals surface area contributed by atoms with E-state index in [1.165, 1.54) is 16.7 Å². The number of primary amides is 1. The summed E-state index contributed by atoms with van der Waals surface area (Å²) < 4.78 is 0. The van der Waals surface area contributed by atoms with Crippen LogP contribution in [0.25, 0.3) is 0 Å². The van der Waals surface area contributed by atoms with Gasteiger partial charge < -0.3 is 26.5 Å². The Bertz CT molecular complexity index is 967. The number of hydrogen-bond acceptors (Lipinski definition) is 8. The van der Waals surface area contributed by atoms with Gasteiger partial charge in [0.25, 0.3) is 5.91 Å². The lowest BCUT2D eigenvalue weighted by molar-refractivity contribution is 0.100. The second-order valence-electron chi connectivity index (χ2n) is 6.70. The molecule has 1 aromatic carbocycles. The number of aromatic nitrogens is 2. The molecule has 0 bridgehead atoms. The molecule has 2 heterocycles. The number of nitrogens with one attached hydrogen (secondary N) is 2. The molecule has 30 heavy (non-hydrogen) atoms. The number of rotatable bonds is 6. The molecule has 1 fully saturated rings. The van der Waals surface area contributed by atoms with Crippen molar-refractivity contribution in [2.75, 3.05) is 30.1 Å². The number of carboxylic acid groups (broad SMARTS) is 1. The predicted molar refractivity (Wildman–Crippen MR) is 116 cm³/mol. The summed E-state index contributed by atoms with van der Waals surface area (Å²) >= 11 is 7.77. The fraction of sp³-hybridized carbons (Fsp3) is 0.333. The number of anilines is 3. The van der Waals surface area contributed by atoms with E-state index in [0.717, 1.165) is 18.4 Å². The van der Waals surface area contributed by atoms with Gasteiger partial charge >= 0.3 is 6.09 Å². The Hall–Kier alpha value is -2.76. The molecule has 1 saturated heterocycles. The number of amides is 2. The molecular formula is C18H22ClN7O3S. The molecule has 0 aliphatic carbocycles. The molecule has 0 saturated carbocycles. The Morgan fingerprint density at radius 1 is 1.27 bits per heavy atom. The van der Waals surface area contributed by atoms with Gasteiger partial charge in [-0.25, -0.2) is 20.6 Å². The molecule has 3 rings (SSSR count). The van der Waals surface area contributed by atoms with Gasteiger partial charge in [0.05, 0.1) is 10.7 Å². The zero-order valence-electron chi connectivity index (χ0n) is 16.2. The lowest BCUT2D eigenvalue weighted by Gasteiger charge is -2.30. The van der Waals surface area contributed by atoms with Gasteiger partial charge in [0.2, 0.25) is 0 Å². The molecular weight excluding hydrogens is 430 g/mol. The fourth-order valence-electron chi connectivity index (χ4n) is 3.38. The topological polar surface area (TPSA) is 159 Å². The van der Waals surface area contributed by atoms with Crippen molar-refractivity contribution >= 4 is 52.7 Å². The van der Waals surface area contributed by atoms with Crippen LogP contribution in [-0.2, 0) is 0 Å². The number of nitrogens with zero attached hydrogens (tertiary/aromatic N) is 3. The van der Waals surface area contributed by atoms with E-state index >= 15 is 0 Å². The lowest BCUT2D eigenvalue weighted by atomic mass is 9.89. The maximum Gasteiger partial charge on any atom is 0.407 e. The number of thioether (sulfide) groups is 1. The summed E-state index contributed by atoms with van der Waals surface area (Å²) in [6, 6.07) is 5.56. The summed E-state index contributed by atoms with van der Waals surface area (Å²) in [6.07, 6.45) is 2.36. The summed E-state index contributed by atoms with van der Waals surface area (Å²) in [6.45, 7) is 0.986. The molecule has 2 amide bonds. The standard InChI is InChI=1S/C18H22ClN7O3S/c1-30-17-23-15(13(14(20)27)16(24-17)25-21)22-12-3-2-10(8-11(12)19)9-4-6-26(7-5-9)18(28)29/h2-3,8-9H,4-7,21H2,1H3,(H2,20,27)(H,28,29)(H2,22,23,24,25). The lowest BCUT2D eigenvalue weighted by Crippen LogP contribution is -2.36. The zero-order chi connectivity index (χ0) is 21.8. The Labute approximate surface area is 182 Å². The van der Waals surface area contributed by atoms with Gasteiger partial charge in [0.1, 0.15) is 11.4 Å². The third-order valence-corrected chi connectivity index (χ3v) is 5.80. The average Bonchev–Trinajstić information content (AvgIpc) is 2.74. The van der Waals surface area contributed by atoms with Gasteiger partial charge in [-0.05, 0) is 42.7 Å². The smallest absolute Gasteiger partial charge is 0.407 e. The summed E-state index contributed by atoms with van der Waals surface area (Å²) in [5.74, 6) is 5.28. The van der Waals surface area contributed by atoms with Gasteiger partial charge in [0, 0.05) is 13.1 Å². The minimum absolute atomic E-state index is 0.0245. The highest BCUT2D eigenvalue weighted by molar-refractivity contribution is 7.98. The van der Waals surface area contributed by atoms with E-state index in [1.807, 2.05) is 12.1 Å². The number of nitrogens with two attached hydrogens (primary N) is 2. The molecule has 1 aromatic heterocycles. The maximum absolute atomic E-state index is 11.9. The third kappa shape index (κ3) is 4.69. The van der Waals surface area contributed by atoms with Crippen molar-refractivity contribution in [1.29, 1.82) is 0 Å². The molecule has 10 nitrogen and oxygen atoms in total. The number of likely N-dealkylation sites (tertiary alicyclic amines) is 1. The van der Waals surface area contributed by atoms with E-state index in [0.29, 0.717) is 29.0 Å². The first kappa shape index (κ1) is 21.9. The molecule has 7 N–H and O–H groups in total. The molecule has 1 aliphatic rings. The number of benzene rings is 1. The number of nitrogen functional groups attached to an aromatic ring is 1. The Morgan fingerprint density at radius 3 is 2.47 bits per heavy atom. The van der Waals surface area contributed by atoms with Gasteiger partial charge in [0.15, 0.2) is 11.0 Å². The van der Waals surface area contributed by atoms with E-state index in [1.54, 1.807) is 12.3 Å². The van der Waals surface area contributed by atoms with Crippen LogP contribution in [0.15, 0.2) is 23.4 Å². The summed E-state index contributed by atoms with van der Waals surface area (Å²) in [7, 11) is 0. The minimum Gasteiger partial charge on any atom is -0.465 e. The van der Waals surface area contributed by atoms with Crippen molar-refractivity contribution in [2.45, 2.75) is 23.9 Å². The van der Waals surface area contributed by atoms with Crippen molar-refractivity contribution < 1.29 is 14.7 Å². The number of halogens is 1. The summed E-state index contributed by atoms with van der Waals surface area (Å²) in [4.78, 5) is 32.9. The fourth-order valence-corrected chi connectivity index (χ4v) is 3.98. The Balaban J connectivity index is 1.85. The molecule has 0 radical (unpaired) electrons. The van der Waals surface area contributed by atoms with Gasteiger partial charge in [-0.1, -0.05) is 29.4 Å². The number of piperidine rings is 1. The van der Waals surface area contributed by atoms with E-state index < -0.39 is 12.0 Å². The van der Waals surface area contributed by atoms with Gasteiger partial charge in [-0.3, -0.25) is 4.79 Å². The monoisotopic (exact) mass is 451 g/mol. The molecule has 12 heteroatoms. The molecule has 2 aromatic rings. The van der Waals surface area contributed by atoms with Crippen LogP contribution in [-0.4, -0.2) is 51.3 Å². The molecule has 0 atom stereocenters. The maximum atomic E-state index is 11.9. The highest BCUT2D eigenvalue weighted by Crippen LogP contribution is 2.34. The van der Waals surface area contributed by atoms with E-state index in [9.17, 15) is 9.59 Å². The van der Waals surface area contributed by atoms with Crippen molar-refractivity contribution in [3.63, 3.8) is 0 Å². The van der Waals surface area contributed by atoms with Crippen LogP contribution in [0.3, 0.4) is 0 Å². The first-order valence-electron chi connectivity index (χ1n) is 9.10. The van der Waals surface area contributed by atoms with E-state index in [4.69, 9.17) is 28.3 Å². The van der Waals surface area contributed by atoms with Crippen LogP contribution in [0.1, 0.15) is 34.7 Å². The van der Waals surface area contributed by atoms with Crippen molar-refractivity contribution in [3.8, 4) is 0 Å². The first-order chi connectivity index (χ1) is 14.3. The molecule has 1 aliphatic heterocycles. The zero-order valence-corrected chi connectivity index (χ0v) is 17.8. The normalized spacial score (nSPS) is 14.4. The van der Waals surface area contributed by atoms with Crippen molar-refractivity contribution in [1.82, 2.24) is 14.9 Å². The molecule has 160 valence electrons. The van der Waals surface area contributed by atoms with Crippen LogP contribution in [0.4, 0.5) is 22.1 Å². The number of hydrazine groups is 1. The van der Waals surface area contributed by atoms with Crippen LogP contribution < -0.4 is 22.3 Å². The predicted octanol–water partition coefficient (Wildman–Crippen LogP) is 2.84. The van der Waals surface area contributed by atoms with Crippen LogP contribution in [0, 0.1) is 0 Å². The van der Waals surface area contributed by atoms with Crippen molar-refractivity contribution in [2.24, 2.45) is 11.6 Å². The SMILES string of the molecule is CSc1nc(NN)c(C(N)=O)c(Nc2ccc(C3CCN(C(=O)O)CC3)cc2Cl)n1. The highest BCUT2D eigenvalue weighted by Gasteiger charge is 2.24. The number of carbonyl (C=O) groups excluding carboxylic acids is 1. The first-order valence-corrected chi connectivity index (χ1v) is 10.7. The van der Waals surface area contributed by atoms with E-state index in [2.05, 4.69) is 20.7 Å². The van der Waals surface area contributed by atoms with Crippen molar-refractivity contribution in [3.05, 3.63) is 34.3 Å². The Kier molecular flexibility index (Phi) is 6.85. The molecule has 0 spiro atoms. The number of hydrogen-bond donors (Lipinski definition) is 5.